The summed E-state index contributed by atoms with van der Waals surface area (Å²) in [5, 5.41) is 0.761. The minimum Gasteiger partial charge on any atom is -0.493 e. The molecule has 0 N–H and O–H groups in total. The van der Waals surface area contributed by atoms with E-state index in [0.29, 0.717) is 16.4 Å². The summed E-state index contributed by atoms with van der Waals surface area (Å²) in [6.45, 7) is 8.00. The Kier molecular flexibility index (Phi) is 5.94. The van der Waals surface area contributed by atoms with Crippen molar-refractivity contribution in [2.45, 2.75) is 39.8 Å². The molecule has 130 valence electrons. The van der Waals surface area contributed by atoms with E-state index >= 15 is 0 Å². The van der Waals surface area contributed by atoms with Crippen LogP contribution in [-0.4, -0.2) is 42.3 Å². The molecule has 1 aromatic carbocycles. The number of hydrogen-bond acceptors (Lipinski definition) is 5. The molecule has 0 aromatic heterocycles. The number of rotatable bonds is 5. The average Bonchev–Trinajstić information content (AvgIpc) is 2.82. The minimum absolute atomic E-state index is 0.0100. The molecule has 1 saturated heterocycles. The molecule has 1 aliphatic heterocycles. The maximum absolute atomic E-state index is 12.7. The Bertz CT molecular complexity index is 681. The molecule has 0 radical (unpaired) electrons. The number of aliphatic imine (C=N–C) groups is 1. The fourth-order valence-electron chi connectivity index (χ4n) is 2.35. The van der Waals surface area contributed by atoms with E-state index < -0.39 is 0 Å². The summed E-state index contributed by atoms with van der Waals surface area (Å²) < 4.78 is 10.6. The highest BCUT2D eigenvalue weighted by Crippen LogP contribution is 2.35. The summed E-state index contributed by atoms with van der Waals surface area (Å²) >= 11 is 1.42. The monoisotopic (exact) mass is 348 g/mol. The predicted molar refractivity (Wildman–Crippen MR) is 99.7 cm³/mol. The zero-order valence-corrected chi connectivity index (χ0v) is 15.8. The van der Waals surface area contributed by atoms with Gasteiger partial charge in [0.2, 0.25) is 0 Å². The summed E-state index contributed by atoms with van der Waals surface area (Å²) in [6, 6.07) is 5.80. The van der Waals surface area contributed by atoms with Crippen LogP contribution in [0.2, 0.25) is 0 Å². The van der Waals surface area contributed by atoms with Gasteiger partial charge in [-0.25, -0.2) is 0 Å². The van der Waals surface area contributed by atoms with Crippen molar-refractivity contribution in [2.75, 3.05) is 14.2 Å². The molecule has 5 nitrogen and oxygen atoms in total. The van der Waals surface area contributed by atoms with Gasteiger partial charge in [0.25, 0.3) is 5.91 Å². The van der Waals surface area contributed by atoms with E-state index in [9.17, 15) is 4.79 Å². The van der Waals surface area contributed by atoms with Gasteiger partial charge in [-0.15, -0.1) is 0 Å². The summed E-state index contributed by atoms with van der Waals surface area (Å²) in [6.07, 6.45) is 1.87. The Balaban J connectivity index is 2.38. The zero-order chi connectivity index (χ0) is 17.9. The van der Waals surface area contributed by atoms with Crippen molar-refractivity contribution in [3.05, 3.63) is 28.7 Å². The van der Waals surface area contributed by atoms with Crippen LogP contribution in [0.25, 0.3) is 6.08 Å². The zero-order valence-electron chi connectivity index (χ0n) is 15.0. The lowest BCUT2D eigenvalue weighted by molar-refractivity contribution is -0.123. The molecule has 0 atom stereocenters. The van der Waals surface area contributed by atoms with Gasteiger partial charge in [0.15, 0.2) is 16.7 Å². The fraction of sp³-hybridized carbons (Fsp3) is 0.444. The van der Waals surface area contributed by atoms with Gasteiger partial charge in [0, 0.05) is 12.1 Å². The highest BCUT2D eigenvalue weighted by atomic mass is 32.2. The Morgan fingerprint density at radius 2 is 1.79 bits per heavy atom. The molecule has 1 fully saturated rings. The van der Waals surface area contributed by atoms with E-state index in [1.807, 2.05) is 52.0 Å². The number of carbonyl (C=O) groups excluding carboxylic acids is 1. The van der Waals surface area contributed by atoms with Crippen molar-refractivity contribution in [3.8, 4) is 11.5 Å². The van der Waals surface area contributed by atoms with Crippen LogP contribution in [0, 0.1) is 0 Å². The third-order valence-corrected chi connectivity index (χ3v) is 4.42. The lowest BCUT2D eigenvalue weighted by Crippen LogP contribution is -2.35. The van der Waals surface area contributed by atoms with E-state index in [2.05, 4.69) is 4.99 Å². The van der Waals surface area contributed by atoms with E-state index in [0.717, 1.165) is 10.7 Å². The number of amidine groups is 1. The largest absolute Gasteiger partial charge is 0.493 e. The summed E-state index contributed by atoms with van der Waals surface area (Å²) in [4.78, 5) is 19.7. The third kappa shape index (κ3) is 3.93. The van der Waals surface area contributed by atoms with Crippen LogP contribution in [0.5, 0.6) is 11.5 Å². The second-order valence-electron chi connectivity index (χ2n) is 6.00. The first-order valence-corrected chi connectivity index (χ1v) is 8.72. The van der Waals surface area contributed by atoms with Crippen molar-refractivity contribution in [2.24, 2.45) is 4.99 Å². The molecule has 2 rings (SSSR count). The lowest BCUT2D eigenvalue weighted by atomic mass is 10.2. The van der Waals surface area contributed by atoms with Crippen LogP contribution in [0.4, 0.5) is 0 Å². The first-order chi connectivity index (χ1) is 11.4. The minimum atomic E-state index is -0.0100. The number of carbonyl (C=O) groups is 1. The number of benzene rings is 1. The Hall–Kier alpha value is -1.95. The molecule has 0 aliphatic carbocycles. The van der Waals surface area contributed by atoms with E-state index in [1.165, 1.54) is 11.8 Å². The second kappa shape index (κ2) is 7.75. The summed E-state index contributed by atoms with van der Waals surface area (Å²) in [5.41, 5.74) is 0.887. The smallest absolute Gasteiger partial charge is 0.266 e. The van der Waals surface area contributed by atoms with Crippen molar-refractivity contribution in [1.29, 1.82) is 0 Å². The molecule has 1 heterocycles. The lowest BCUT2D eigenvalue weighted by Gasteiger charge is -2.20. The van der Waals surface area contributed by atoms with Gasteiger partial charge in [-0.3, -0.25) is 14.7 Å². The number of nitrogens with zero attached hydrogens (tertiary/aromatic N) is 2. The highest BCUT2D eigenvalue weighted by Gasteiger charge is 2.35. The van der Waals surface area contributed by atoms with E-state index in [-0.39, 0.29) is 18.0 Å². The Morgan fingerprint density at radius 3 is 2.33 bits per heavy atom. The molecule has 0 bridgehead atoms. The fourth-order valence-corrected chi connectivity index (χ4v) is 3.58. The Morgan fingerprint density at radius 1 is 1.12 bits per heavy atom. The van der Waals surface area contributed by atoms with Crippen molar-refractivity contribution in [1.82, 2.24) is 4.90 Å². The number of ether oxygens (including phenoxy) is 2. The van der Waals surface area contributed by atoms with Gasteiger partial charge < -0.3 is 9.47 Å². The van der Waals surface area contributed by atoms with Gasteiger partial charge in [-0.2, -0.15) is 0 Å². The maximum Gasteiger partial charge on any atom is 0.266 e. The average molecular weight is 348 g/mol. The second-order valence-corrected chi connectivity index (χ2v) is 7.01. The van der Waals surface area contributed by atoms with Gasteiger partial charge >= 0.3 is 0 Å². The van der Waals surface area contributed by atoms with E-state index in [1.54, 1.807) is 19.1 Å². The van der Waals surface area contributed by atoms with Gasteiger partial charge in [0.1, 0.15) is 0 Å². The van der Waals surface area contributed by atoms with Crippen LogP contribution in [0.3, 0.4) is 0 Å². The number of thioether (sulfide) groups is 1. The first kappa shape index (κ1) is 18.4. The third-order valence-electron chi connectivity index (χ3n) is 3.43. The Labute approximate surface area is 147 Å². The summed E-state index contributed by atoms with van der Waals surface area (Å²) in [5.74, 6) is 1.29. The van der Waals surface area contributed by atoms with Gasteiger partial charge in [-0.1, -0.05) is 6.07 Å². The molecule has 24 heavy (non-hydrogen) atoms. The SMILES string of the molecule is COc1ccc(/C=C2\SC(=NC(C)C)N(C(C)C)C2=O)cc1OC. The standard InChI is InChI=1S/C18H24N2O3S/c1-11(2)19-18-20(12(3)4)17(21)16(24-18)10-13-7-8-14(22-5)15(9-13)23-6/h7-12H,1-6H3/b16-10-,19-18?. The maximum atomic E-state index is 12.7. The quantitative estimate of drug-likeness (QED) is 0.760. The molecule has 0 spiro atoms. The van der Waals surface area contributed by atoms with Crippen LogP contribution in [0.1, 0.15) is 33.3 Å². The molecule has 6 heteroatoms. The van der Waals surface area contributed by atoms with Crippen LogP contribution in [0.15, 0.2) is 28.1 Å². The van der Waals surface area contributed by atoms with Crippen LogP contribution >= 0.6 is 11.8 Å². The van der Waals surface area contributed by atoms with Crippen molar-refractivity contribution >= 4 is 28.9 Å². The van der Waals surface area contributed by atoms with Crippen LogP contribution in [-0.2, 0) is 4.79 Å². The van der Waals surface area contributed by atoms with E-state index in [4.69, 9.17) is 9.47 Å². The summed E-state index contributed by atoms with van der Waals surface area (Å²) in [7, 11) is 3.19. The molecular formula is C18H24N2O3S. The predicted octanol–water partition coefficient (Wildman–Crippen LogP) is 3.79. The van der Waals surface area contributed by atoms with Gasteiger partial charge in [-0.05, 0) is 63.2 Å². The first-order valence-electron chi connectivity index (χ1n) is 7.90. The molecule has 1 aromatic rings. The van der Waals surface area contributed by atoms with Gasteiger partial charge in [0.05, 0.1) is 19.1 Å². The number of amides is 1. The number of methoxy groups -OCH3 is 2. The molecule has 1 aliphatic rings. The molecule has 0 saturated carbocycles. The van der Waals surface area contributed by atoms with Crippen molar-refractivity contribution in [3.63, 3.8) is 0 Å². The topological polar surface area (TPSA) is 51.1 Å². The number of hydrogen-bond donors (Lipinski definition) is 0. The molecule has 0 unspecified atom stereocenters. The van der Waals surface area contributed by atoms with Crippen molar-refractivity contribution < 1.29 is 14.3 Å². The molecule has 1 amide bonds. The highest BCUT2D eigenvalue weighted by molar-refractivity contribution is 8.18. The molecular weight excluding hydrogens is 324 g/mol. The van der Waals surface area contributed by atoms with Crippen LogP contribution < -0.4 is 9.47 Å². The normalized spacial score (nSPS) is 18.3.